The van der Waals surface area contributed by atoms with Crippen molar-refractivity contribution >= 4 is 129 Å². The number of anilines is 3. The van der Waals surface area contributed by atoms with Gasteiger partial charge in [-0.15, -0.1) is 24.8 Å². The minimum atomic E-state index is -0.628. The van der Waals surface area contributed by atoms with Gasteiger partial charge in [0, 0.05) is 112 Å². The number of hydrogen-bond donors (Lipinski definition) is 11. The average Bonchev–Trinajstić information content (AvgIpc) is 1.62. The van der Waals surface area contributed by atoms with Gasteiger partial charge in [-0.1, -0.05) is 71.6 Å². The molecule has 96 heavy (non-hydrogen) atoms. The van der Waals surface area contributed by atoms with E-state index in [0.717, 1.165) is 135 Å². The molecule has 9 aromatic rings. The number of amides is 5. The number of carbonyl (C=O) groups is 6. The summed E-state index contributed by atoms with van der Waals surface area (Å²) < 4.78 is 5.58. The van der Waals surface area contributed by atoms with Crippen molar-refractivity contribution in [3.05, 3.63) is 107 Å². The molecule has 3 aliphatic heterocycles. The van der Waals surface area contributed by atoms with Crippen LogP contribution in [0.2, 0.25) is 0 Å². The number of H-pyrrole nitrogens is 3. The standard InChI is InChI=1S/C23H26N6O2.C22H25N7O2.C14H12N6O.C9H16O2.2ClH/c1-13(14-6-4-3-5-7-14)22(30)26-15-8-16-20-17(10-25-28-23(16)31)21(27-18(20)9-15)19-11-29(2)12-24-19;1-29-10-17(24-11-29)20-15-9-25-28-21(30)14-7-13(8-16(27-20)18(14)15)26-22(31)19(23)12-5-3-2-4-6-12;1-20-5-11(16-6-20)13-9-4-17-19-14(21)8-2-7(15)3-10(18-13)12(8)9;1-7(9(10)11)8-5-3-2-4-6-8;;/h8-14,27H,3-7H2,1-2H3,(H,26,30)(H,28,31);7-12,19,27H,2-6,23H2,1H3,(H,26,31)(H,28,30);2-6,18H,15H2,1H3,(H,19,21);7-8H,2-6H2,1H3,(H,10,11);2*1H/t13-;19-;;7-;;/m11.1../s1. The van der Waals surface area contributed by atoms with E-state index in [1.807, 2.05) is 79.4 Å². The lowest BCUT2D eigenvalue weighted by atomic mass is 9.80. The number of rotatable bonds is 11. The van der Waals surface area contributed by atoms with Crippen LogP contribution in [-0.2, 0) is 35.5 Å². The average molecular weight is 1350 g/mol. The quantitative estimate of drug-likeness (QED) is 0.0539. The number of imidazole rings is 3. The number of aliphatic carboxylic acids is 1. The number of nitrogens with two attached hydrogens (primary N) is 2. The lowest BCUT2D eigenvalue weighted by Crippen LogP contribution is -2.42. The lowest BCUT2D eigenvalue weighted by Gasteiger charge is -2.26. The second-order valence-corrected chi connectivity index (χ2v) is 25.6. The maximum absolute atomic E-state index is 12.9. The molecule has 5 amide bonds. The van der Waals surface area contributed by atoms with Gasteiger partial charge >= 0.3 is 5.97 Å². The van der Waals surface area contributed by atoms with Gasteiger partial charge in [-0.25, -0.2) is 31.2 Å². The fourth-order valence-corrected chi connectivity index (χ4v) is 13.9. The molecule has 504 valence electrons. The number of carboxylic acid groups (broad SMARTS) is 1. The number of carboxylic acids is 1. The van der Waals surface area contributed by atoms with Gasteiger partial charge in [0.15, 0.2) is 0 Å². The van der Waals surface area contributed by atoms with Crippen molar-refractivity contribution in [2.75, 3.05) is 16.4 Å². The van der Waals surface area contributed by atoms with Gasteiger partial charge in [-0.05, 0) is 92.7 Å². The highest BCUT2D eigenvalue weighted by Gasteiger charge is 2.31. The molecule has 0 bridgehead atoms. The Bertz CT molecular complexity index is 4300. The van der Waals surface area contributed by atoms with Crippen LogP contribution in [-0.4, -0.2) is 109 Å². The minimum absolute atomic E-state index is 0. The molecule has 6 aromatic heterocycles. The first kappa shape index (κ1) is 68.9. The molecular weight excluding hydrogens is 1270 g/mol. The Balaban J connectivity index is 0.000000146. The monoisotopic (exact) mass is 1350 g/mol. The smallest absolute Gasteiger partial charge is 0.306 e. The zero-order valence-corrected chi connectivity index (χ0v) is 55.8. The van der Waals surface area contributed by atoms with Crippen LogP contribution >= 0.6 is 24.8 Å². The Morgan fingerprint density at radius 1 is 0.500 bits per heavy atom. The van der Waals surface area contributed by atoms with E-state index in [4.69, 9.17) is 16.6 Å². The third kappa shape index (κ3) is 14.6. The predicted octanol–water partition coefficient (Wildman–Crippen LogP) is 10.7. The van der Waals surface area contributed by atoms with Crippen LogP contribution < -0.4 is 38.4 Å². The summed E-state index contributed by atoms with van der Waals surface area (Å²) >= 11 is 0. The van der Waals surface area contributed by atoms with Crippen molar-refractivity contribution in [1.29, 1.82) is 0 Å². The first-order valence-corrected chi connectivity index (χ1v) is 32.3. The number of nitrogen functional groups attached to an aromatic ring is 1. The third-order valence-electron chi connectivity index (χ3n) is 19.0. The fraction of sp³-hybridized carbons (Fsp3) is 0.382. The van der Waals surface area contributed by atoms with Crippen LogP contribution in [0.1, 0.15) is 158 Å². The molecule has 0 saturated heterocycles. The molecule has 3 saturated carbocycles. The maximum atomic E-state index is 12.9. The number of halogens is 2. The fourth-order valence-electron chi connectivity index (χ4n) is 13.9. The number of aromatic amines is 3. The Kier molecular flexibility index (Phi) is 21.4. The van der Waals surface area contributed by atoms with Crippen LogP contribution in [0.15, 0.2) is 89.3 Å². The number of aromatic nitrogens is 9. The number of hydrogen-bond acceptors (Lipinski definition) is 14. The maximum Gasteiger partial charge on any atom is 0.306 e. The second-order valence-electron chi connectivity index (χ2n) is 25.6. The summed E-state index contributed by atoms with van der Waals surface area (Å²) in [6, 6.07) is 10.0. The predicted molar refractivity (Wildman–Crippen MR) is 377 cm³/mol. The number of aryl methyl sites for hydroxylation is 3. The van der Waals surface area contributed by atoms with Crippen molar-refractivity contribution in [2.24, 2.45) is 71.8 Å². The molecule has 6 aliphatic rings. The molecule has 3 aliphatic carbocycles. The SMILES string of the molecule is C[C@@H](C(=O)Nc1cc2c3c(c(-c4cn(C)cn4)[nH]c3c1)C=NNC2=O)C1CCCCC1.C[C@@H](C(=O)O)C1CCCCC1.Cl.Cl.Cn1cnc(-c2[nH]c3cc(N)cc4c3c2C=NNC4=O)c1.Cn1cnc(-c2[nH]c3cc(NC(=O)[C@H](N)C4CCCCC4)cc4c3c2C=NNC4=O)c1. The largest absolute Gasteiger partial charge is 0.481 e. The molecule has 3 atom stereocenters. The van der Waals surface area contributed by atoms with Crippen molar-refractivity contribution in [3.63, 3.8) is 0 Å². The molecule has 0 unspecified atom stereocenters. The van der Waals surface area contributed by atoms with Gasteiger partial charge in [0.2, 0.25) is 11.8 Å². The van der Waals surface area contributed by atoms with Crippen molar-refractivity contribution in [2.45, 2.75) is 116 Å². The molecule has 3 aromatic carbocycles. The van der Waals surface area contributed by atoms with E-state index in [9.17, 15) is 28.8 Å². The van der Waals surface area contributed by atoms with Gasteiger partial charge in [0.05, 0.1) is 83.4 Å². The molecule has 28 heteroatoms. The summed E-state index contributed by atoms with van der Waals surface area (Å²) in [5.41, 5.74) is 32.1. The Morgan fingerprint density at radius 3 is 1.21 bits per heavy atom. The molecule has 13 N–H and O–H groups in total. The minimum Gasteiger partial charge on any atom is -0.481 e. The highest BCUT2D eigenvalue weighted by Crippen LogP contribution is 2.39. The van der Waals surface area contributed by atoms with Crippen molar-refractivity contribution < 1.29 is 33.9 Å². The van der Waals surface area contributed by atoms with E-state index < -0.39 is 12.0 Å². The molecule has 26 nitrogen and oxygen atoms in total. The Hall–Kier alpha value is -9.92. The van der Waals surface area contributed by atoms with Crippen molar-refractivity contribution in [1.82, 2.24) is 59.9 Å². The van der Waals surface area contributed by atoms with E-state index in [0.29, 0.717) is 45.6 Å². The summed E-state index contributed by atoms with van der Waals surface area (Å²) in [4.78, 5) is 97.0. The molecule has 0 spiro atoms. The zero-order chi connectivity index (χ0) is 65.9. The zero-order valence-electron chi connectivity index (χ0n) is 54.1. The number of nitrogens with one attached hydrogen (secondary N) is 8. The molecule has 0 radical (unpaired) electrons. The van der Waals surface area contributed by atoms with Crippen LogP contribution in [0.25, 0.3) is 66.9 Å². The Morgan fingerprint density at radius 2 is 0.844 bits per heavy atom. The topological polar surface area (TPSA) is 373 Å². The third-order valence-corrected chi connectivity index (χ3v) is 19.0. The van der Waals surface area contributed by atoms with Gasteiger partial charge in [-0.2, -0.15) is 15.3 Å². The number of benzene rings is 3. The van der Waals surface area contributed by atoms with E-state index >= 15 is 0 Å². The van der Waals surface area contributed by atoms with E-state index in [1.54, 1.807) is 61.9 Å². The molecular formula is C68H81Cl2N19O7. The van der Waals surface area contributed by atoms with E-state index in [1.165, 1.54) is 44.9 Å². The Labute approximate surface area is 565 Å². The van der Waals surface area contributed by atoms with Gasteiger partial charge < -0.3 is 55.9 Å². The van der Waals surface area contributed by atoms with Gasteiger partial charge in [0.25, 0.3) is 17.7 Å². The summed E-state index contributed by atoms with van der Waals surface area (Å²) in [6.07, 6.45) is 33.0. The molecule has 15 rings (SSSR count). The summed E-state index contributed by atoms with van der Waals surface area (Å²) in [7, 11) is 5.70. The first-order chi connectivity index (χ1) is 45.4. The van der Waals surface area contributed by atoms with E-state index in [2.05, 4.69) is 72.1 Å². The second kappa shape index (κ2) is 29.8. The lowest BCUT2D eigenvalue weighted by molar-refractivity contribution is -0.143. The van der Waals surface area contributed by atoms with Crippen LogP contribution in [0.5, 0.6) is 0 Å². The summed E-state index contributed by atoms with van der Waals surface area (Å²) in [6.45, 7) is 3.84. The summed E-state index contributed by atoms with van der Waals surface area (Å²) in [5, 5.41) is 29.1. The van der Waals surface area contributed by atoms with Gasteiger partial charge in [-0.3, -0.25) is 28.8 Å². The normalized spacial score (nSPS) is 16.8. The number of carbonyl (C=O) groups excluding carboxylic acids is 5. The molecule has 9 heterocycles. The number of nitrogens with zero attached hydrogens (tertiary/aromatic N) is 9. The highest BCUT2D eigenvalue weighted by atomic mass is 35.5. The van der Waals surface area contributed by atoms with E-state index in [-0.39, 0.29) is 72.1 Å². The van der Waals surface area contributed by atoms with Crippen LogP contribution in [0.3, 0.4) is 0 Å². The number of hydrazone groups is 3. The summed E-state index contributed by atoms with van der Waals surface area (Å²) in [5.74, 6) is -0.881. The highest BCUT2D eigenvalue weighted by molar-refractivity contribution is 6.20. The van der Waals surface area contributed by atoms with Gasteiger partial charge in [0.1, 0.15) is 17.1 Å². The van der Waals surface area contributed by atoms with Crippen LogP contribution in [0, 0.1) is 29.6 Å². The first-order valence-electron chi connectivity index (χ1n) is 32.3. The van der Waals surface area contributed by atoms with Crippen LogP contribution in [0.4, 0.5) is 17.1 Å². The van der Waals surface area contributed by atoms with Crippen molar-refractivity contribution in [3.8, 4) is 34.2 Å². The molecule has 3 fully saturated rings.